The number of hydrogen-bond donors (Lipinski definition) is 1. The molecule has 1 amide bonds. The highest BCUT2D eigenvalue weighted by atomic mass is 35.5. The van der Waals surface area contributed by atoms with Crippen LogP contribution in [0.15, 0.2) is 22.6 Å². The smallest absolute Gasteiger partial charge is 0.298 e. The first-order valence-corrected chi connectivity index (χ1v) is 11.8. The topological polar surface area (TPSA) is 92.5 Å². The Morgan fingerprint density at radius 1 is 1.36 bits per heavy atom. The molecule has 3 heterocycles. The van der Waals surface area contributed by atoms with Gasteiger partial charge in [0.05, 0.1) is 17.4 Å². The SMILES string of the molecule is O=C(NC1CC2(CCN(c3nc4cc(Cl)ccc4o3)C2)C1)C1CCS(=O)(=O)C1. The maximum absolute atomic E-state index is 12.3. The van der Waals surface area contributed by atoms with Gasteiger partial charge in [-0.3, -0.25) is 4.79 Å². The maximum Gasteiger partial charge on any atom is 0.298 e. The number of amides is 1. The monoisotopic (exact) mass is 423 g/mol. The summed E-state index contributed by atoms with van der Waals surface area (Å²) in [6.07, 6.45) is 3.32. The number of fused-ring (bicyclic) bond motifs is 1. The normalized spacial score (nSPS) is 31.4. The largest absolute Gasteiger partial charge is 0.423 e. The standard InChI is InChI=1S/C19H22ClN3O4S/c20-13-1-2-16-15(7-13)22-18(27-16)23-5-4-19(11-23)8-14(9-19)21-17(24)12-3-6-28(25,26)10-12/h1-2,7,12,14H,3-6,8-11H2,(H,21,24). The van der Waals surface area contributed by atoms with E-state index in [0.717, 1.165) is 43.5 Å². The molecule has 9 heteroatoms. The van der Waals surface area contributed by atoms with Crippen LogP contribution in [0.4, 0.5) is 6.01 Å². The molecule has 3 aliphatic rings. The highest BCUT2D eigenvalue weighted by Crippen LogP contribution is 2.49. The van der Waals surface area contributed by atoms with Crippen LogP contribution in [0.3, 0.4) is 0 Å². The predicted octanol–water partition coefficient (Wildman–Crippen LogP) is 2.39. The first-order chi connectivity index (χ1) is 13.3. The molecular formula is C19H22ClN3O4S. The van der Waals surface area contributed by atoms with Gasteiger partial charge in [-0.25, -0.2) is 8.42 Å². The molecule has 5 rings (SSSR count). The van der Waals surface area contributed by atoms with Crippen molar-refractivity contribution in [2.24, 2.45) is 11.3 Å². The third kappa shape index (κ3) is 3.26. The molecule has 3 fully saturated rings. The number of nitrogens with zero attached hydrogens (tertiary/aromatic N) is 2. The summed E-state index contributed by atoms with van der Waals surface area (Å²) in [5.74, 6) is -0.365. The minimum absolute atomic E-state index is 0.00773. The van der Waals surface area contributed by atoms with Crippen LogP contribution in [0.5, 0.6) is 0 Å². The van der Waals surface area contributed by atoms with Gasteiger partial charge in [-0.1, -0.05) is 11.6 Å². The lowest BCUT2D eigenvalue weighted by atomic mass is 9.65. The molecular weight excluding hydrogens is 402 g/mol. The summed E-state index contributed by atoms with van der Waals surface area (Å²) in [7, 11) is -3.03. The average molecular weight is 424 g/mol. The number of halogens is 1. The van der Waals surface area contributed by atoms with Crippen LogP contribution >= 0.6 is 11.6 Å². The fourth-order valence-electron chi connectivity index (χ4n) is 4.86. The summed E-state index contributed by atoms with van der Waals surface area (Å²) < 4.78 is 29.0. The number of oxazole rings is 1. The van der Waals surface area contributed by atoms with Gasteiger partial charge in [-0.05, 0) is 49.3 Å². The second-order valence-electron chi connectivity index (χ2n) is 8.49. The maximum atomic E-state index is 12.3. The van der Waals surface area contributed by atoms with Gasteiger partial charge in [0, 0.05) is 24.2 Å². The number of carbonyl (C=O) groups is 1. The lowest BCUT2D eigenvalue weighted by Crippen LogP contribution is -2.53. The third-order valence-electron chi connectivity index (χ3n) is 6.36. The van der Waals surface area contributed by atoms with Crippen molar-refractivity contribution in [3.8, 4) is 0 Å². The van der Waals surface area contributed by atoms with Gasteiger partial charge in [-0.2, -0.15) is 4.98 Å². The summed E-state index contributed by atoms with van der Waals surface area (Å²) >= 11 is 6.02. The van der Waals surface area contributed by atoms with E-state index in [4.69, 9.17) is 16.0 Å². The van der Waals surface area contributed by atoms with E-state index in [9.17, 15) is 13.2 Å². The zero-order chi connectivity index (χ0) is 19.5. The van der Waals surface area contributed by atoms with Crippen molar-refractivity contribution >= 4 is 44.5 Å². The van der Waals surface area contributed by atoms with Crippen LogP contribution in [-0.4, -0.2) is 49.9 Å². The highest BCUT2D eigenvalue weighted by Gasteiger charge is 2.50. The molecule has 1 aliphatic carbocycles. The molecule has 2 saturated heterocycles. The number of carbonyl (C=O) groups excluding carboxylic acids is 1. The van der Waals surface area contributed by atoms with Crippen molar-refractivity contribution < 1.29 is 17.6 Å². The lowest BCUT2D eigenvalue weighted by Gasteiger charge is -2.45. The van der Waals surface area contributed by atoms with Crippen molar-refractivity contribution in [1.82, 2.24) is 10.3 Å². The van der Waals surface area contributed by atoms with E-state index in [1.165, 1.54) is 0 Å². The van der Waals surface area contributed by atoms with Gasteiger partial charge in [-0.15, -0.1) is 0 Å². The van der Waals surface area contributed by atoms with E-state index >= 15 is 0 Å². The third-order valence-corrected chi connectivity index (χ3v) is 8.36. The van der Waals surface area contributed by atoms with Gasteiger partial charge < -0.3 is 14.6 Å². The molecule has 28 heavy (non-hydrogen) atoms. The summed E-state index contributed by atoms with van der Waals surface area (Å²) in [5.41, 5.74) is 1.66. The summed E-state index contributed by atoms with van der Waals surface area (Å²) in [6, 6.07) is 6.18. The predicted molar refractivity (Wildman–Crippen MR) is 106 cm³/mol. The minimum atomic E-state index is -3.03. The van der Waals surface area contributed by atoms with Crippen LogP contribution < -0.4 is 10.2 Å². The van der Waals surface area contributed by atoms with Gasteiger partial charge in [0.25, 0.3) is 6.01 Å². The first kappa shape index (κ1) is 18.2. The first-order valence-electron chi connectivity index (χ1n) is 9.63. The van der Waals surface area contributed by atoms with Gasteiger partial charge in [0.1, 0.15) is 5.52 Å². The Labute approximate surface area is 168 Å². The summed E-state index contributed by atoms with van der Waals surface area (Å²) in [4.78, 5) is 19.1. The van der Waals surface area contributed by atoms with E-state index in [1.54, 1.807) is 12.1 Å². The zero-order valence-electron chi connectivity index (χ0n) is 15.4. The van der Waals surface area contributed by atoms with Crippen LogP contribution in [0.2, 0.25) is 5.02 Å². The Balaban J connectivity index is 1.18. The van der Waals surface area contributed by atoms with Crippen molar-refractivity contribution in [3.05, 3.63) is 23.2 Å². The zero-order valence-corrected chi connectivity index (χ0v) is 16.9. The van der Waals surface area contributed by atoms with Crippen molar-refractivity contribution in [1.29, 1.82) is 0 Å². The average Bonchev–Trinajstić information content (AvgIpc) is 3.30. The molecule has 1 unspecified atom stereocenters. The summed E-state index contributed by atoms with van der Waals surface area (Å²) in [5, 5.41) is 3.69. The van der Waals surface area contributed by atoms with E-state index in [-0.39, 0.29) is 34.8 Å². The number of aromatic nitrogens is 1. The molecule has 1 N–H and O–H groups in total. The van der Waals surface area contributed by atoms with E-state index < -0.39 is 9.84 Å². The van der Waals surface area contributed by atoms with Crippen LogP contribution in [0, 0.1) is 11.3 Å². The fourth-order valence-corrected chi connectivity index (χ4v) is 6.77. The molecule has 1 atom stereocenters. The van der Waals surface area contributed by atoms with Crippen molar-refractivity contribution in [2.75, 3.05) is 29.5 Å². The number of benzene rings is 1. The Morgan fingerprint density at radius 2 is 2.18 bits per heavy atom. The Hall–Kier alpha value is -1.80. The van der Waals surface area contributed by atoms with E-state index in [1.807, 2.05) is 6.07 Å². The van der Waals surface area contributed by atoms with Crippen molar-refractivity contribution in [3.63, 3.8) is 0 Å². The number of nitrogens with one attached hydrogen (secondary N) is 1. The molecule has 1 saturated carbocycles. The molecule has 1 aromatic heterocycles. The van der Waals surface area contributed by atoms with Crippen LogP contribution in [0.1, 0.15) is 25.7 Å². The molecule has 2 aliphatic heterocycles. The van der Waals surface area contributed by atoms with Gasteiger partial charge in [0.2, 0.25) is 5.91 Å². The molecule has 150 valence electrons. The molecule has 2 aromatic rings. The molecule has 0 bridgehead atoms. The number of sulfone groups is 1. The minimum Gasteiger partial charge on any atom is -0.423 e. The number of anilines is 1. The van der Waals surface area contributed by atoms with Crippen LogP contribution in [-0.2, 0) is 14.6 Å². The Bertz CT molecular complexity index is 1040. The molecule has 7 nitrogen and oxygen atoms in total. The van der Waals surface area contributed by atoms with Gasteiger partial charge in [0.15, 0.2) is 15.4 Å². The number of hydrogen-bond acceptors (Lipinski definition) is 6. The Morgan fingerprint density at radius 3 is 2.93 bits per heavy atom. The molecule has 1 aromatic carbocycles. The molecule has 1 spiro atoms. The van der Waals surface area contributed by atoms with Crippen molar-refractivity contribution in [2.45, 2.75) is 31.7 Å². The highest BCUT2D eigenvalue weighted by molar-refractivity contribution is 7.91. The van der Waals surface area contributed by atoms with E-state index in [0.29, 0.717) is 17.5 Å². The van der Waals surface area contributed by atoms with E-state index in [2.05, 4.69) is 15.2 Å². The van der Waals surface area contributed by atoms with Gasteiger partial charge >= 0.3 is 0 Å². The Kier molecular flexibility index (Phi) is 4.14. The second-order valence-corrected chi connectivity index (χ2v) is 11.2. The second kappa shape index (κ2) is 6.35. The quantitative estimate of drug-likeness (QED) is 0.814. The lowest BCUT2D eigenvalue weighted by molar-refractivity contribution is -0.126. The molecule has 0 radical (unpaired) electrons. The van der Waals surface area contributed by atoms with Crippen LogP contribution in [0.25, 0.3) is 11.1 Å². The summed E-state index contributed by atoms with van der Waals surface area (Å²) in [6.45, 7) is 1.74. The fraction of sp³-hybridized carbons (Fsp3) is 0.579. The number of rotatable bonds is 3.